The van der Waals surface area contributed by atoms with Gasteiger partial charge in [-0.25, -0.2) is 4.39 Å². The summed E-state index contributed by atoms with van der Waals surface area (Å²) in [5, 5.41) is 8.32. The van der Waals surface area contributed by atoms with Crippen molar-refractivity contribution in [3.8, 4) is 0 Å². The molecule has 6 rings (SSSR count). The van der Waals surface area contributed by atoms with Crippen LogP contribution in [-0.2, 0) is 19.6 Å². The fourth-order valence-corrected chi connectivity index (χ4v) is 5.85. The molecule has 2 bridgehead atoms. The van der Waals surface area contributed by atoms with Crippen LogP contribution in [0.15, 0.2) is 41.3 Å². The Balaban J connectivity index is 1.20. The third-order valence-electron chi connectivity index (χ3n) is 7.28. The van der Waals surface area contributed by atoms with E-state index in [1.165, 1.54) is 11.3 Å². The van der Waals surface area contributed by atoms with Gasteiger partial charge in [-0.05, 0) is 36.5 Å². The van der Waals surface area contributed by atoms with Crippen LogP contribution in [0.25, 0.3) is 10.9 Å². The van der Waals surface area contributed by atoms with Crippen LogP contribution in [0.3, 0.4) is 0 Å². The minimum Gasteiger partial charge on any atom is -0.312 e. The van der Waals surface area contributed by atoms with Crippen molar-refractivity contribution in [3.63, 3.8) is 0 Å². The molecule has 0 aliphatic carbocycles. The molecule has 3 aliphatic heterocycles. The normalized spacial score (nSPS) is 26.4. The molecule has 162 valence electrons. The standard InChI is InChI=1S/C24H28FN5O/c25-21-5-6-28(15-21)13-19-3-4-23-20-7-17(12-30(23)24(19)31)11-29(14-20)10-16-1-2-18-9-26-27-22(18)8-16/h1-4,8-9,17,20-21H,5-7,10-15H2,(H,26,27)/t17-,20+,21+/m0/s1. The van der Waals surface area contributed by atoms with E-state index in [1.54, 1.807) is 0 Å². The summed E-state index contributed by atoms with van der Waals surface area (Å²) < 4.78 is 15.5. The Kier molecular flexibility index (Phi) is 4.69. The molecular weight excluding hydrogens is 393 g/mol. The molecule has 0 radical (unpaired) electrons. The second kappa shape index (κ2) is 7.57. The Bertz CT molecular complexity index is 1170. The number of fused-ring (bicyclic) bond motifs is 5. The van der Waals surface area contributed by atoms with Crippen LogP contribution in [0.2, 0.25) is 0 Å². The summed E-state index contributed by atoms with van der Waals surface area (Å²) in [6.45, 7) is 5.47. The van der Waals surface area contributed by atoms with Crippen LogP contribution in [-0.4, -0.2) is 56.9 Å². The number of hydrogen-bond acceptors (Lipinski definition) is 4. The smallest absolute Gasteiger partial charge is 0.255 e. The summed E-state index contributed by atoms with van der Waals surface area (Å²) in [5.74, 6) is 0.893. The monoisotopic (exact) mass is 421 g/mol. The number of hydrogen-bond donors (Lipinski definition) is 1. The van der Waals surface area contributed by atoms with E-state index >= 15 is 0 Å². The van der Waals surface area contributed by atoms with Gasteiger partial charge in [0.25, 0.3) is 5.56 Å². The van der Waals surface area contributed by atoms with Gasteiger partial charge in [0.05, 0.1) is 11.7 Å². The zero-order chi connectivity index (χ0) is 20.9. The first kappa shape index (κ1) is 19.2. The lowest BCUT2D eigenvalue weighted by Gasteiger charge is -2.43. The van der Waals surface area contributed by atoms with Crippen molar-refractivity contribution < 1.29 is 4.39 Å². The van der Waals surface area contributed by atoms with Crippen molar-refractivity contribution in [2.45, 2.75) is 44.6 Å². The maximum absolute atomic E-state index is 13.5. The predicted molar refractivity (Wildman–Crippen MR) is 118 cm³/mol. The summed E-state index contributed by atoms with van der Waals surface area (Å²) in [4.78, 5) is 17.8. The third kappa shape index (κ3) is 3.59. The SMILES string of the molecule is O=c1c(CN2CC[C@@H](F)C2)ccc2n1C[C@H]1C[C@@H]2CN(Cc2ccc3cn[nH]c3c2)C1. The molecule has 0 amide bonds. The summed E-state index contributed by atoms with van der Waals surface area (Å²) in [7, 11) is 0. The first-order valence-corrected chi connectivity index (χ1v) is 11.4. The van der Waals surface area contributed by atoms with Crippen molar-refractivity contribution >= 4 is 10.9 Å². The fourth-order valence-electron chi connectivity index (χ4n) is 5.85. The maximum Gasteiger partial charge on any atom is 0.255 e. The Morgan fingerprint density at radius 3 is 2.87 bits per heavy atom. The molecule has 0 saturated carbocycles. The second-order valence-electron chi connectivity index (χ2n) is 9.60. The van der Waals surface area contributed by atoms with Gasteiger partial charge in [-0.3, -0.25) is 19.7 Å². The third-order valence-corrected chi connectivity index (χ3v) is 7.28. The van der Waals surface area contributed by atoms with Crippen molar-refractivity contribution in [3.05, 3.63) is 63.7 Å². The first-order valence-electron chi connectivity index (χ1n) is 11.4. The molecule has 3 aliphatic rings. The largest absolute Gasteiger partial charge is 0.312 e. The number of aromatic nitrogens is 3. The van der Waals surface area contributed by atoms with Crippen LogP contribution in [0.5, 0.6) is 0 Å². The lowest BCUT2D eigenvalue weighted by atomic mass is 9.82. The highest BCUT2D eigenvalue weighted by Crippen LogP contribution is 2.36. The van der Waals surface area contributed by atoms with Gasteiger partial charge in [0, 0.05) is 68.4 Å². The summed E-state index contributed by atoms with van der Waals surface area (Å²) >= 11 is 0. The number of rotatable bonds is 4. The lowest BCUT2D eigenvalue weighted by Crippen LogP contribution is -2.47. The minimum atomic E-state index is -0.750. The van der Waals surface area contributed by atoms with Crippen molar-refractivity contribution in [1.82, 2.24) is 24.6 Å². The zero-order valence-electron chi connectivity index (χ0n) is 17.6. The summed E-state index contributed by atoms with van der Waals surface area (Å²) in [6, 6.07) is 10.7. The van der Waals surface area contributed by atoms with Gasteiger partial charge in [0.15, 0.2) is 0 Å². The van der Waals surface area contributed by atoms with Gasteiger partial charge >= 0.3 is 0 Å². The highest BCUT2D eigenvalue weighted by molar-refractivity contribution is 5.78. The number of nitrogens with one attached hydrogen (secondary N) is 1. The van der Waals surface area contributed by atoms with Crippen LogP contribution < -0.4 is 5.56 Å². The Hall–Kier alpha value is -2.51. The van der Waals surface area contributed by atoms with E-state index in [-0.39, 0.29) is 5.56 Å². The molecule has 0 unspecified atom stereocenters. The number of pyridine rings is 1. The number of halogens is 1. The quantitative estimate of drug-likeness (QED) is 0.704. The number of piperidine rings is 1. The molecule has 31 heavy (non-hydrogen) atoms. The van der Waals surface area contributed by atoms with Gasteiger partial charge in [0.2, 0.25) is 0 Å². The molecule has 5 heterocycles. The van der Waals surface area contributed by atoms with Crippen molar-refractivity contribution in [2.24, 2.45) is 5.92 Å². The Labute approximate surface area is 180 Å². The van der Waals surface area contributed by atoms with E-state index in [1.807, 2.05) is 16.8 Å². The average molecular weight is 422 g/mol. The highest BCUT2D eigenvalue weighted by atomic mass is 19.1. The predicted octanol–water partition coefficient (Wildman–Crippen LogP) is 2.89. The summed E-state index contributed by atoms with van der Waals surface area (Å²) in [6.07, 6.45) is 2.84. The van der Waals surface area contributed by atoms with E-state index in [9.17, 15) is 9.18 Å². The molecule has 2 aromatic heterocycles. The molecule has 1 aromatic carbocycles. The first-order chi connectivity index (χ1) is 15.1. The molecular formula is C24H28FN5O. The number of H-pyrrole nitrogens is 1. The molecule has 0 spiro atoms. The Morgan fingerprint density at radius 2 is 2.00 bits per heavy atom. The van der Waals surface area contributed by atoms with Crippen molar-refractivity contribution in [2.75, 3.05) is 26.2 Å². The van der Waals surface area contributed by atoms with Gasteiger partial charge in [-0.1, -0.05) is 18.2 Å². The number of benzene rings is 1. The van der Waals surface area contributed by atoms with E-state index in [0.29, 0.717) is 31.3 Å². The molecule has 1 N–H and O–H groups in total. The van der Waals surface area contributed by atoms with Gasteiger partial charge in [0.1, 0.15) is 6.17 Å². The average Bonchev–Trinajstić information content (AvgIpc) is 3.38. The van der Waals surface area contributed by atoms with Crippen LogP contribution >= 0.6 is 0 Å². The maximum atomic E-state index is 13.5. The topological polar surface area (TPSA) is 57.2 Å². The number of likely N-dealkylation sites (tertiary alicyclic amines) is 2. The molecule has 3 atom stereocenters. The van der Waals surface area contributed by atoms with Crippen molar-refractivity contribution in [1.29, 1.82) is 0 Å². The fraction of sp³-hybridized carbons (Fsp3) is 0.500. The number of aromatic amines is 1. The number of nitrogens with zero attached hydrogens (tertiary/aromatic N) is 4. The Morgan fingerprint density at radius 1 is 1.06 bits per heavy atom. The van der Waals surface area contributed by atoms with E-state index in [2.05, 4.69) is 44.3 Å². The van der Waals surface area contributed by atoms with E-state index in [4.69, 9.17) is 0 Å². The highest BCUT2D eigenvalue weighted by Gasteiger charge is 2.35. The lowest BCUT2D eigenvalue weighted by molar-refractivity contribution is 0.114. The van der Waals surface area contributed by atoms with Crippen LogP contribution in [0.4, 0.5) is 4.39 Å². The zero-order valence-corrected chi connectivity index (χ0v) is 17.6. The van der Waals surface area contributed by atoms with E-state index in [0.717, 1.165) is 55.6 Å². The molecule has 2 fully saturated rings. The van der Waals surface area contributed by atoms with Crippen LogP contribution in [0.1, 0.15) is 35.6 Å². The van der Waals surface area contributed by atoms with E-state index < -0.39 is 6.17 Å². The van der Waals surface area contributed by atoms with Gasteiger partial charge < -0.3 is 4.57 Å². The van der Waals surface area contributed by atoms with Crippen LogP contribution in [0, 0.1) is 5.92 Å². The molecule has 2 saturated heterocycles. The summed E-state index contributed by atoms with van der Waals surface area (Å²) in [5.41, 5.74) is 4.48. The molecule has 3 aromatic rings. The van der Waals surface area contributed by atoms with Gasteiger partial charge in [-0.2, -0.15) is 5.10 Å². The van der Waals surface area contributed by atoms with Gasteiger partial charge in [-0.15, -0.1) is 0 Å². The second-order valence-corrected chi connectivity index (χ2v) is 9.60. The minimum absolute atomic E-state index is 0.132. The molecule has 6 nitrogen and oxygen atoms in total. The molecule has 7 heteroatoms. The number of alkyl halides is 1.